The summed E-state index contributed by atoms with van der Waals surface area (Å²) in [5.41, 5.74) is 0.836. The van der Waals surface area contributed by atoms with Gasteiger partial charge >= 0.3 is 0 Å². The highest BCUT2D eigenvalue weighted by Gasteiger charge is 2.01. The van der Waals surface area contributed by atoms with E-state index < -0.39 is 0 Å². The van der Waals surface area contributed by atoms with Crippen molar-refractivity contribution in [3.05, 3.63) is 34.1 Å². The Morgan fingerprint density at radius 1 is 1.39 bits per heavy atom. The van der Waals surface area contributed by atoms with Gasteiger partial charge in [-0.1, -0.05) is 15.9 Å². The molecule has 0 aliphatic heterocycles. The zero-order chi connectivity index (χ0) is 13.5. The van der Waals surface area contributed by atoms with Crippen molar-refractivity contribution in [3.8, 4) is 0 Å². The summed E-state index contributed by atoms with van der Waals surface area (Å²) in [5, 5.41) is 6.36. The summed E-state index contributed by atoms with van der Waals surface area (Å²) in [6, 6.07) is 5.10. The van der Waals surface area contributed by atoms with Crippen LogP contribution in [0.3, 0.4) is 0 Å². The number of hydrogen-bond donors (Lipinski definition) is 2. The summed E-state index contributed by atoms with van der Waals surface area (Å²) in [7, 11) is 0. The van der Waals surface area contributed by atoms with Crippen LogP contribution in [-0.2, 0) is 6.54 Å². The van der Waals surface area contributed by atoms with Crippen molar-refractivity contribution in [2.75, 3.05) is 6.54 Å². The number of rotatable bonds is 4. The number of benzene rings is 1. The minimum absolute atomic E-state index is 0.253. The summed E-state index contributed by atoms with van der Waals surface area (Å²) in [6.45, 7) is 7.34. The van der Waals surface area contributed by atoms with E-state index in [0.717, 1.165) is 22.5 Å². The van der Waals surface area contributed by atoms with Crippen molar-refractivity contribution in [1.29, 1.82) is 0 Å². The molecule has 1 aromatic rings. The molecule has 100 valence electrons. The van der Waals surface area contributed by atoms with Crippen LogP contribution in [0, 0.1) is 5.82 Å². The lowest BCUT2D eigenvalue weighted by atomic mass is 10.2. The average Bonchev–Trinajstić information content (AvgIpc) is 2.24. The Balaban J connectivity index is 2.74. The Bertz CT molecular complexity index is 398. The molecule has 0 bridgehead atoms. The Morgan fingerprint density at radius 2 is 2.11 bits per heavy atom. The minimum atomic E-state index is -0.253. The molecule has 0 saturated carbocycles. The summed E-state index contributed by atoms with van der Waals surface area (Å²) in [4.78, 5) is 4.41. The van der Waals surface area contributed by atoms with E-state index in [-0.39, 0.29) is 5.82 Å². The fourth-order valence-electron chi connectivity index (χ4n) is 1.47. The van der Waals surface area contributed by atoms with E-state index in [0.29, 0.717) is 12.6 Å². The second kappa shape index (κ2) is 7.36. The third kappa shape index (κ3) is 5.49. The minimum Gasteiger partial charge on any atom is -0.357 e. The molecule has 0 amide bonds. The Hall–Kier alpha value is -1.10. The molecule has 0 radical (unpaired) electrons. The van der Waals surface area contributed by atoms with Crippen LogP contribution in [0.1, 0.15) is 26.3 Å². The van der Waals surface area contributed by atoms with Gasteiger partial charge in [0.1, 0.15) is 5.82 Å². The topological polar surface area (TPSA) is 36.4 Å². The van der Waals surface area contributed by atoms with Gasteiger partial charge in [0.05, 0.1) is 6.54 Å². The fourth-order valence-corrected chi connectivity index (χ4v) is 1.98. The van der Waals surface area contributed by atoms with Gasteiger partial charge in [-0.15, -0.1) is 0 Å². The fraction of sp³-hybridized carbons (Fsp3) is 0.462. The number of nitrogens with zero attached hydrogens (tertiary/aromatic N) is 1. The predicted molar refractivity (Wildman–Crippen MR) is 77.2 cm³/mol. The first kappa shape index (κ1) is 15.0. The molecule has 0 atom stereocenters. The molecule has 18 heavy (non-hydrogen) atoms. The van der Waals surface area contributed by atoms with Crippen molar-refractivity contribution in [3.63, 3.8) is 0 Å². The van der Waals surface area contributed by atoms with Crippen molar-refractivity contribution in [1.82, 2.24) is 10.6 Å². The molecule has 0 aliphatic rings. The van der Waals surface area contributed by atoms with Gasteiger partial charge in [-0.2, -0.15) is 0 Å². The van der Waals surface area contributed by atoms with Crippen LogP contribution in [0.15, 0.2) is 27.7 Å². The van der Waals surface area contributed by atoms with Crippen molar-refractivity contribution in [2.24, 2.45) is 4.99 Å². The third-order valence-corrected chi connectivity index (χ3v) is 2.57. The van der Waals surface area contributed by atoms with Gasteiger partial charge in [-0.05, 0) is 44.5 Å². The van der Waals surface area contributed by atoms with Crippen LogP contribution < -0.4 is 10.6 Å². The summed E-state index contributed by atoms with van der Waals surface area (Å²) >= 11 is 3.27. The zero-order valence-electron chi connectivity index (χ0n) is 10.9. The van der Waals surface area contributed by atoms with E-state index in [1.54, 1.807) is 0 Å². The number of hydrogen-bond acceptors (Lipinski definition) is 1. The van der Waals surface area contributed by atoms with Crippen LogP contribution in [0.25, 0.3) is 0 Å². The van der Waals surface area contributed by atoms with Crippen molar-refractivity contribution < 1.29 is 4.39 Å². The lowest BCUT2D eigenvalue weighted by Crippen LogP contribution is -2.41. The van der Waals surface area contributed by atoms with E-state index >= 15 is 0 Å². The summed E-state index contributed by atoms with van der Waals surface area (Å²) in [5.74, 6) is 0.490. The first-order valence-electron chi connectivity index (χ1n) is 6.01. The van der Waals surface area contributed by atoms with Gasteiger partial charge in [0, 0.05) is 17.1 Å². The van der Waals surface area contributed by atoms with E-state index in [1.165, 1.54) is 12.1 Å². The van der Waals surface area contributed by atoms with Crippen molar-refractivity contribution >= 4 is 21.9 Å². The second-order valence-electron chi connectivity index (χ2n) is 4.27. The molecular weight excluding hydrogens is 297 g/mol. The molecule has 2 N–H and O–H groups in total. The number of nitrogens with one attached hydrogen (secondary N) is 2. The monoisotopic (exact) mass is 315 g/mol. The molecule has 1 rings (SSSR count). The smallest absolute Gasteiger partial charge is 0.191 e. The number of aliphatic imine (C=N–C) groups is 1. The maximum atomic E-state index is 13.2. The summed E-state index contributed by atoms with van der Waals surface area (Å²) in [6.07, 6.45) is 0. The van der Waals surface area contributed by atoms with E-state index in [1.807, 2.05) is 26.8 Å². The molecule has 0 aliphatic carbocycles. The second-order valence-corrected chi connectivity index (χ2v) is 5.19. The SMILES string of the molecule is CCNC(=NCc1cc(F)cc(Br)c1)NC(C)C. The quantitative estimate of drug-likeness (QED) is 0.662. The van der Waals surface area contributed by atoms with Gasteiger partial charge in [-0.25, -0.2) is 9.38 Å². The van der Waals surface area contributed by atoms with E-state index in [9.17, 15) is 4.39 Å². The number of halogens is 2. The van der Waals surface area contributed by atoms with Gasteiger partial charge < -0.3 is 10.6 Å². The van der Waals surface area contributed by atoms with Crippen LogP contribution in [0.4, 0.5) is 4.39 Å². The lowest BCUT2D eigenvalue weighted by Gasteiger charge is -2.13. The van der Waals surface area contributed by atoms with Crippen LogP contribution in [0.2, 0.25) is 0 Å². The summed E-state index contributed by atoms with van der Waals surface area (Å²) < 4.78 is 13.9. The number of guanidine groups is 1. The van der Waals surface area contributed by atoms with Crippen LogP contribution in [-0.4, -0.2) is 18.5 Å². The zero-order valence-corrected chi connectivity index (χ0v) is 12.5. The largest absolute Gasteiger partial charge is 0.357 e. The highest BCUT2D eigenvalue weighted by atomic mass is 79.9. The van der Waals surface area contributed by atoms with Gasteiger partial charge in [0.2, 0.25) is 0 Å². The first-order chi connectivity index (χ1) is 8.51. The molecule has 0 spiro atoms. The molecule has 0 unspecified atom stereocenters. The lowest BCUT2D eigenvalue weighted by molar-refractivity contribution is 0.624. The van der Waals surface area contributed by atoms with Crippen LogP contribution in [0.5, 0.6) is 0 Å². The van der Waals surface area contributed by atoms with Crippen molar-refractivity contribution in [2.45, 2.75) is 33.4 Å². The molecular formula is C13H19BrFN3. The molecule has 1 aromatic carbocycles. The van der Waals surface area contributed by atoms with Gasteiger partial charge in [-0.3, -0.25) is 0 Å². The Kier molecular flexibility index (Phi) is 6.12. The molecule has 0 aromatic heterocycles. The highest BCUT2D eigenvalue weighted by molar-refractivity contribution is 9.10. The van der Waals surface area contributed by atoms with Crippen LogP contribution >= 0.6 is 15.9 Å². The molecule has 0 saturated heterocycles. The maximum Gasteiger partial charge on any atom is 0.191 e. The van der Waals surface area contributed by atoms with Gasteiger partial charge in [0.25, 0.3) is 0 Å². The normalized spacial score (nSPS) is 11.8. The van der Waals surface area contributed by atoms with E-state index in [4.69, 9.17) is 0 Å². The molecule has 0 fully saturated rings. The standard InChI is InChI=1S/C13H19BrFN3/c1-4-16-13(18-9(2)3)17-8-10-5-11(14)7-12(15)6-10/h5-7,9H,4,8H2,1-3H3,(H2,16,17,18). The molecule has 0 heterocycles. The Labute approximate surface area is 116 Å². The molecule has 3 nitrogen and oxygen atoms in total. The predicted octanol–water partition coefficient (Wildman–Crippen LogP) is 3.05. The van der Waals surface area contributed by atoms with E-state index in [2.05, 4.69) is 31.6 Å². The average molecular weight is 316 g/mol. The van der Waals surface area contributed by atoms with Gasteiger partial charge in [0.15, 0.2) is 5.96 Å². The highest BCUT2D eigenvalue weighted by Crippen LogP contribution is 2.15. The third-order valence-electron chi connectivity index (χ3n) is 2.11. The molecule has 5 heteroatoms. The Morgan fingerprint density at radius 3 is 2.67 bits per heavy atom. The first-order valence-corrected chi connectivity index (χ1v) is 6.80. The maximum absolute atomic E-state index is 13.2.